The predicted molar refractivity (Wildman–Crippen MR) is 71.9 cm³/mol. The second kappa shape index (κ2) is 8.09. The number of nitrogens with one attached hydrogen (secondary N) is 1. The van der Waals surface area contributed by atoms with E-state index in [0.29, 0.717) is 0 Å². The molecule has 3 nitrogen and oxygen atoms in total. The standard InChI is InChI=1S/C14H24N2O/c1-4-9-16(10-5-2)12-14-8-7-13(17-14)11-15-6-3/h4,7-8,15H,1,5-6,9-12H2,2-3H3. The first-order valence-electron chi connectivity index (χ1n) is 6.41. The molecule has 0 aliphatic rings. The lowest BCUT2D eigenvalue weighted by Crippen LogP contribution is -2.23. The van der Waals surface area contributed by atoms with E-state index in [1.54, 1.807) is 0 Å². The summed E-state index contributed by atoms with van der Waals surface area (Å²) < 4.78 is 5.77. The van der Waals surface area contributed by atoms with E-state index < -0.39 is 0 Å². The molecule has 0 radical (unpaired) electrons. The molecule has 96 valence electrons. The fourth-order valence-corrected chi connectivity index (χ4v) is 1.80. The van der Waals surface area contributed by atoms with Gasteiger partial charge in [0, 0.05) is 6.54 Å². The molecule has 0 amide bonds. The summed E-state index contributed by atoms with van der Waals surface area (Å²) in [4.78, 5) is 2.34. The summed E-state index contributed by atoms with van der Waals surface area (Å²) in [6.45, 7) is 12.7. The molecule has 1 N–H and O–H groups in total. The van der Waals surface area contributed by atoms with Crippen LogP contribution < -0.4 is 5.32 Å². The molecule has 1 rings (SSSR count). The second-order valence-electron chi connectivity index (χ2n) is 4.17. The van der Waals surface area contributed by atoms with Gasteiger partial charge in [-0.1, -0.05) is 19.9 Å². The first-order valence-corrected chi connectivity index (χ1v) is 6.41. The highest BCUT2D eigenvalue weighted by molar-refractivity contribution is 5.07. The zero-order chi connectivity index (χ0) is 12.5. The van der Waals surface area contributed by atoms with E-state index in [0.717, 1.165) is 50.7 Å². The Morgan fingerprint density at radius 2 is 2.12 bits per heavy atom. The number of furan rings is 1. The van der Waals surface area contributed by atoms with Crippen molar-refractivity contribution >= 4 is 0 Å². The molecule has 0 unspecified atom stereocenters. The lowest BCUT2D eigenvalue weighted by Gasteiger charge is -2.18. The normalized spacial score (nSPS) is 11.0. The number of nitrogens with zero attached hydrogens (tertiary/aromatic N) is 1. The Morgan fingerprint density at radius 3 is 2.76 bits per heavy atom. The van der Waals surface area contributed by atoms with Gasteiger partial charge >= 0.3 is 0 Å². The van der Waals surface area contributed by atoms with E-state index in [4.69, 9.17) is 4.42 Å². The second-order valence-corrected chi connectivity index (χ2v) is 4.17. The maximum atomic E-state index is 5.77. The molecule has 0 fully saturated rings. The molecule has 0 saturated heterocycles. The van der Waals surface area contributed by atoms with Gasteiger partial charge in [-0.05, 0) is 31.6 Å². The van der Waals surface area contributed by atoms with Crippen LogP contribution in [0.5, 0.6) is 0 Å². The minimum atomic E-state index is 0.811. The first kappa shape index (κ1) is 14.0. The third-order valence-corrected chi connectivity index (χ3v) is 2.57. The molecule has 0 saturated carbocycles. The highest BCUT2D eigenvalue weighted by Crippen LogP contribution is 2.11. The first-order chi connectivity index (χ1) is 8.30. The zero-order valence-corrected chi connectivity index (χ0v) is 11.0. The van der Waals surface area contributed by atoms with Crippen LogP contribution in [0.3, 0.4) is 0 Å². The van der Waals surface area contributed by atoms with Crippen LogP contribution in [0.1, 0.15) is 31.8 Å². The van der Waals surface area contributed by atoms with Crippen LogP contribution in [0, 0.1) is 0 Å². The van der Waals surface area contributed by atoms with Crippen LogP contribution in [0.25, 0.3) is 0 Å². The lowest BCUT2D eigenvalue weighted by molar-refractivity contribution is 0.265. The Morgan fingerprint density at radius 1 is 1.35 bits per heavy atom. The Bertz CT molecular complexity index is 320. The van der Waals surface area contributed by atoms with E-state index in [9.17, 15) is 0 Å². The van der Waals surface area contributed by atoms with E-state index >= 15 is 0 Å². The van der Waals surface area contributed by atoms with Crippen molar-refractivity contribution in [1.29, 1.82) is 0 Å². The molecular weight excluding hydrogens is 212 g/mol. The van der Waals surface area contributed by atoms with Gasteiger partial charge in [-0.2, -0.15) is 0 Å². The summed E-state index contributed by atoms with van der Waals surface area (Å²) in [5, 5.41) is 3.26. The molecule has 3 heteroatoms. The summed E-state index contributed by atoms with van der Waals surface area (Å²) >= 11 is 0. The maximum absolute atomic E-state index is 5.77. The fraction of sp³-hybridized carbons (Fsp3) is 0.571. The van der Waals surface area contributed by atoms with Crippen LogP contribution >= 0.6 is 0 Å². The van der Waals surface area contributed by atoms with Gasteiger partial charge in [0.1, 0.15) is 11.5 Å². The molecule has 1 aromatic heterocycles. The van der Waals surface area contributed by atoms with Crippen LogP contribution in [0.2, 0.25) is 0 Å². The fourth-order valence-electron chi connectivity index (χ4n) is 1.80. The number of rotatable bonds is 9. The van der Waals surface area contributed by atoms with Gasteiger partial charge in [0.05, 0.1) is 13.1 Å². The third kappa shape index (κ3) is 5.20. The molecule has 1 aromatic rings. The van der Waals surface area contributed by atoms with Crippen molar-refractivity contribution in [3.63, 3.8) is 0 Å². The monoisotopic (exact) mass is 236 g/mol. The molecule has 0 spiro atoms. The summed E-state index contributed by atoms with van der Waals surface area (Å²) in [5.74, 6) is 2.05. The minimum Gasteiger partial charge on any atom is -0.463 e. The third-order valence-electron chi connectivity index (χ3n) is 2.57. The van der Waals surface area contributed by atoms with Crippen molar-refractivity contribution in [2.24, 2.45) is 0 Å². The largest absolute Gasteiger partial charge is 0.463 e. The van der Waals surface area contributed by atoms with Crippen molar-refractivity contribution in [3.8, 4) is 0 Å². The average Bonchev–Trinajstić information content (AvgIpc) is 2.75. The van der Waals surface area contributed by atoms with E-state index in [1.165, 1.54) is 0 Å². The molecular formula is C14H24N2O. The van der Waals surface area contributed by atoms with Crippen molar-refractivity contribution in [1.82, 2.24) is 10.2 Å². The molecule has 17 heavy (non-hydrogen) atoms. The summed E-state index contributed by atoms with van der Waals surface area (Å²) in [7, 11) is 0. The summed E-state index contributed by atoms with van der Waals surface area (Å²) in [5.41, 5.74) is 0. The molecule has 0 bridgehead atoms. The Kier molecular flexibility index (Phi) is 6.67. The number of hydrogen-bond donors (Lipinski definition) is 1. The zero-order valence-electron chi connectivity index (χ0n) is 11.0. The van der Waals surface area contributed by atoms with Crippen molar-refractivity contribution in [2.75, 3.05) is 19.6 Å². The summed E-state index contributed by atoms with van der Waals surface area (Å²) in [6, 6.07) is 4.12. The topological polar surface area (TPSA) is 28.4 Å². The van der Waals surface area contributed by atoms with Gasteiger partial charge < -0.3 is 9.73 Å². The van der Waals surface area contributed by atoms with E-state index in [1.807, 2.05) is 6.08 Å². The lowest BCUT2D eigenvalue weighted by atomic mass is 10.3. The number of hydrogen-bond acceptors (Lipinski definition) is 3. The molecule has 0 atom stereocenters. The van der Waals surface area contributed by atoms with Crippen LogP contribution in [-0.4, -0.2) is 24.5 Å². The van der Waals surface area contributed by atoms with Gasteiger partial charge in [0.25, 0.3) is 0 Å². The minimum absolute atomic E-state index is 0.811. The van der Waals surface area contributed by atoms with Crippen LogP contribution in [-0.2, 0) is 13.1 Å². The van der Waals surface area contributed by atoms with E-state index in [-0.39, 0.29) is 0 Å². The van der Waals surface area contributed by atoms with Crippen LogP contribution in [0.15, 0.2) is 29.2 Å². The Hall–Kier alpha value is -1.06. The smallest absolute Gasteiger partial charge is 0.118 e. The van der Waals surface area contributed by atoms with Gasteiger partial charge in [-0.3, -0.25) is 4.90 Å². The molecule has 0 aromatic carbocycles. The van der Waals surface area contributed by atoms with E-state index in [2.05, 4.69) is 42.8 Å². The average molecular weight is 236 g/mol. The van der Waals surface area contributed by atoms with Crippen LogP contribution in [0.4, 0.5) is 0 Å². The van der Waals surface area contributed by atoms with Crippen molar-refractivity contribution in [3.05, 3.63) is 36.3 Å². The van der Waals surface area contributed by atoms with Gasteiger partial charge in [0.15, 0.2) is 0 Å². The summed E-state index contributed by atoms with van der Waals surface area (Å²) in [6.07, 6.45) is 3.09. The van der Waals surface area contributed by atoms with Gasteiger partial charge in [-0.15, -0.1) is 6.58 Å². The van der Waals surface area contributed by atoms with Crippen molar-refractivity contribution < 1.29 is 4.42 Å². The molecule has 1 heterocycles. The molecule has 0 aliphatic heterocycles. The molecule has 0 aliphatic carbocycles. The van der Waals surface area contributed by atoms with Gasteiger partial charge in [-0.25, -0.2) is 0 Å². The van der Waals surface area contributed by atoms with Gasteiger partial charge in [0.2, 0.25) is 0 Å². The SMILES string of the molecule is C=CCN(CCC)Cc1ccc(CNCC)o1. The quantitative estimate of drug-likeness (QED) is 0.668. The van der Waals surface area contributed by atoms with Crippen molar-refractivity contribution in [2.45, 2.75) is 33.4 Å². The highest BCUT2D eigenvalue weighted by atomic mass is 16.3. The Labute approximate surface area is 104 Å². The predicted octanol–water partition coefficient (Wildman–Crippen LogP) is 2.79. The highest BCUT2D eigenvalue weighted by Gasteiger charge is 2.07. The Balaban J connectivity index is 2.47. The maximum Gasteiger partial charge on any atom is 0.118 e.